The predicted octanol–water partition coefficient (Wildman–Crippen LogP) is 6.96. The van der Waals surface area contributed by atoms with Gasteiger partial charge in [-0.05, 0) is 34.9 Å². The number of hydrogen-bond acceptors (Lipinski definition) is 3. The molecule has 0 atom stereocenters. The van der Waals surface area contributed by atoms with Crippen molar-refractivity contribution < 1.29 is 0 Å². The van der Waals surface area contributed by atoms with E-state index in [1.54, 1.807) is 0 Å². The molecule has 0 spiro atoms. The fourth-order valence-corrected chi connectivity index (χ4v) is 4.40. The van der Waals surface area contributed by atoms with E-state index in [0.29, 0.717) is 11.8 Å². The van der Waals surface area contributed by atoms with Gasteiger partial charge in [0.05, 0.1) is 11.0 Å². The first-order valence-corrected chi connectivity index (χ1v) is 10.7. The molecule has 6 aromatic rings. The molecule has 6 rings (SSSR count). The van der Waals surface area contributed by atoms with E-state index in [0.717, 1.165) is 27.4 Å². The van der Waals surface area contributed by atoms with Crippen LogP contribution < -0.4 is 0 Å². The van der Waals surface area contributed by atoms with Crippen LogP contribution in [0.5, 0.6) is 0 Å². The molecule has 0 unspecified atom stereocenters. The van der Waals surface area contributed by atoms with Crippen LogP contribution >= 0.6 is 11.6 Å². The van der Waals surface area contributed by atoms with Gasteiger partial charge in [0.15, 0.2) is 5.82 Å². The molecule has 0 N–H and O–H groups in total. The third kappa shape index (κ3) is 3.04. The number of halogens is 1. The Kier molecular flexibility index (Phi) is 4.44. The fraction of sp³-hybridized carbons (Fsp3) is 0. The van der Waals surface area contributed by atoms with Gasteiger partial charge in [-0.1, -0.05) is 91.0 Å². The monoisotopic (exact) mass is 432 g/mol. The number of hydrogen-bond donors (Lipinski definition) is 0. The van der Waals surface area contributed by atoms with Crippen molar-refractivity contribution in [2.75, 3.05) is 0 Å². The summed E-state index contributed by atoms with van der Waals surface area (Å²) in [7, 11) is 0. The van der Waals surface area contributed by atoms with Crippen molar-refractivity contribution in [2.45, 2.75) is 0 Å². The molecule has 4 aromatic carbocycles. The normalized spacial score (nSPS) is 11.3. The topological polar surface area (TPSA) is 43.6 Å². The van der Waals surface area contributed by atoms with Gasteiger partial charge < -0.3 is 0 Å². The van der Waals surface area contributed by atoms with E-state index >= 15 is 0 Å². The Morgan fingerprint density at radius 1 is 0.562 bits per heavy atom. The zero-order valence-electron chi connectivity index (χ0n) is 17.0. The van der Waals surface area contributed by atoms with E-state index < -0.39 is 0 Å². The molecule has 0 aliphatic heterocycles. The van der Waals surface area contributed by atoms with E-state index in [2.05, 4.69) is 75.2 Å². The fourth-order valence-electron chi connectivity index (χ4n) is 4.25. The van der Waals surface area contributed by atoms with Crippen molar-refractivity contribution >= 4 is 33.4 Å². The van der Waals surface area contributed by atoms with E-state index in [1.165, 1.54) is 11.1 Å². The summed E-state index contributed by atoms with van der Waals surface area (Å²) < 4.78 is 2.07. The average Bonchev–Trinajstić information content (AvgIpc) is 3.19. The zero-order valence-corrected chi connectivity index (χ0v) is 17.7. The molecule has 0 saturated heterocycles. The zero-order chi connectivity index (χ0) is 21.5. The lowest BCUT2D eigenvalue weighted by Crippen LogP contribution is -2.04. The van der Waals surface area contributed by atoms with Gasteiger partial charge in [-0.25, -0.2) is 0 Å². The third-order valence-corrected chi connectivity index (χ3v) is 5.78. The molecule has 0 fully saturated rings. The second-order valence-electron chi connectivity index (χ2n) is 7.51. The first-order valence-electron chi connectivity index (χ1n) is 10.3. The molecule has 0 aliphatic carbocycles. The smallest absolute Gasteiger partial charge is 0.239 e. The van der Waals surface area contributed by atoms with Crippen molar-refractivity contribution in [3.63, 3.8) is 0 Å². The maximum Gasteiger partial charge on any atom is 0.239 e. The van der Waals surface area contributed by atoms with Gasteiger partial charge in [0.25, 0.3) is 0 Å². The maximum absolute atomic E-state index is 6.37. The number of rotatable bonds is 3. The Morgan fingerprint density at radius 2 is 1.22 bits per heavy atom. The van der Waals surface area contributed by atoms with Gasteiger partial charge in [-0.2, -0.15) is 15.0 Å². The summed E-state index contributed by atoms with van der Waals surface area (Å²) in [5, 5.41) is 2.46. The molecular formula is C27H17ClN4. The number of aromatic nitrogens is 4. The Hall–Kier alpha value is -4.02. The molecule has 2 aromatic heterocycles. The summed E-state index contributed by atoms with van der Waals surface area (Å²) in [6, 6.07) is 34.9. The van der Waals surface area contributed by atoms with Crippen LogP contribution in [0.3, 0.4) is 0 Å². The molecule has 0 bridgehead atoms. The highest BCUT2D eigenvalue weighted by Crippen LogP contribution is 2.38. The molecular weight excluding hydrogens is 416 g/mol. The van der Waals surface area contributed by atoms with Crippen LogP contribution in [0.1, 0.15) is 0 Å². The second-order valence-corrected chi connectivity index (χ2v) is 7.85. The van der Waals surface area contributed by atoms with Crippen molar-refractivity contribution in [1.29, 1.82) is 0 Å². The number of fused-ring (bicyclic) bond motifs is 3. The lowest BCUT2D eigenvalue weighted by Gasteiger charge is -2.09. The number of nitrogens with zero attached hydrogens (tertiary/aromatic N) is 4. The van der Waals surface area contributed by atoms with Crippen molar-refractivity contribution in [3.05, 3.63) is 108 Å². The lowest BCUT2D eigenvalue weighted by molar-refractivity contribution is 0.947. The van der Waals surface area contributed by atoms with Crippen molar-refractivity contribution in [1.82, 2.24) is 19.5 Å². The minimum atomic E-state index is 0.166. The quantitative estimate of drug-likeness (QED) is 0.303. The lowest BCUT2D eigenvalue weighted by atomic mass is 9.99. The second kappa shape index (κ2) is 7.59. The summed E-state index contributed by atoms with van der Waals surface area (Å²) >= 11 is 6.37. The largest absolute Gasteiger partial charge is 0.278 e. The highest BCUT2D eigenvalue weighted by molar-refractivity contribution is 6.28. The number of para-hydroxylation sites is 1. The molecule has 152 valence electrons. The van der Waals surface area contributed by atoms with Gasteiger partial charge >= 0.3 is 0 Å². The molecule has 2 heterocycles. The summed E-state index contributed by atoms with van der Waals surface area (Å²) in [5.41, 5.74) is 5.27. The van der Waals surface area contributed by atoms with Crippen LogP contribution in [0.25, 0.3) is 50.3 Å². The standard InChI is InChI=1S/C27H17ClN4/c28-26-29-25(19-12-5-2-6-13-19)30-27(31-26)32-22-16-8-7-14-21(22)24-20(15-9-17-23(24)32)18-10-3-1-4-11-18/h1-17H. The SMILES string of the molecule is Clc1nc(-c2ccccc2)nc(-n2c3ccccc3c3c(-c4ccccc4)cccc32)n1. The third-order valence-electron chi connectivity index (χ3n) is 5.61. The van der Waals surface area contributed by atoms with Crippen LogP contribution in [0.15, 0.2) is 103 Å². The maximum atomic E-state index is 6.37. The van der Waals surface area contributed by atoms with E-state index in [1.807, 2.05) is 42.5 Å². The first kappa shape index (κ1) is 18.7. The van der Waals surface area contributed by atoms with E-state index in [-0.39, 0.29) is 5.28 Å². The Labute approximate surface area is 189 Å². The predicted molar refractivity (Wildman–Crippen MR) is 130 cm³/mol. The van der Waals surface area contributed by atoms with Gasteiger partial charge in [0, 0.05) is 16.3 Å². The van der Waals surface area contributed by atoms with Crippen LogP contribution in [0, 0.1) is 0 Å². The minimum Gasteiger partial charge on any atom is -0.278 e. The van der Waals surface area contributed by atoms with Crippen LogP contribution in [-0.2, 0) is 0 Å². The molecule has 32 heavy (non-hydrogen) atoms. The number of benzene rings is 4. The van der Waals surface area contributed by atoms with Gasteiger partial charge in [-0.15, -0.1) is 0 Å². The highest BCUT2D eigenvalue weighted by atomic mass is 35.5. The van der Waals surface area contributed by atoms with E-state index in [4.69, 9.17) is 16.6 Å². The van der Waals surface area contributed by atoms with Crippen molar-refractivity contribution in [2.24, 2.45) is 0 Å². The minimum absolute atomic E-state index is 0.166. The van der Waals surface area contributed by atoms with Gasteiger partial charge in [0.2, 0.25) is 11.2 Å². The molecule has 0 amide bonds. The summed E-state index contributed by atoms with van der Waals surface area (Å²) in [4.78, 5) is 13.7. The molecule has 0 saturated carbocycles. The van der Waals surface area contributed by atoms with Crippen LogP contribution in [0.4, 0.5) is 0 Å². The molecule has 0 radical (unpaired) electrons. The Bertz CT molecular complexity index is 1570. The summed E-state index contributed by atoms with van der Waals surface area (Å²) in [5.74, 6) is 1.05. The first-order chi connectivity index (χ1) is 15.8. The molecule has 0 aliphatic rings. The van der Waals surface area contributed by atoms with E-state index in [9.17, 15) is 0 Å². The Morgan fingerprint density at radius 3 is 2.00 bits per heavy atom. The highest BCUT2D eigenvalue weighted by Gasteiger charge is 2.18. The van der Waals surface area contributed by atoms with Crippen molar-refractivity contribution in [3.8, 4) is 28.5 Å². The molecule has 5 heteroatoms. The summed E-state index contributed by atoms with van der Waals surface area (Å²) in [6.45, 7) is 0. The van der Waals surface area contributed by atoms with Crippen LogP contribution in [0.2, 0.25) is 5.28 Å². The molecule has 4 nitrogen and oxygen atoms in total. The van der Waals surface area contributed by atoms with Crippen LogP contribution in [-0.4, -0.2) is 19.5 Å². The van der Waals surface area contributed by atoms with Gasteiger partial charge in [-0.3, -0.25) is 4.57 Å². The van der Waals surface area contributed by atoms with Gasteiger partial charge in [0.1, 0.15) is 0 Å². The average molecular weight is 433 g/mol. The Balaban J connectivity index is 1.69. The summed E-state index contributed by atoms with van der Waals surface area (Å²) in [6.07, 6.45) is 0.